The van der Waals surface area contributed by atoms with E-state index in [2.05, 4.69) is 11.1 Å². The zero-order valence-electron chi connectivity index (χ0n) is 11.3. The predicted molar refractivity (Wildman–Crippen MR) is 76.4 cm³/mol. The van der Waals surface area contributed by atoms with Crippen molar-refractivity contribution in [3.8, 4) is 6.07 Å². The molecule has 0 saturated heterocycles. The van der Waals surface area contributed by atoms with Gasteiger partial charge < -0.3 is 0 Å². The Balaban J connectivity index is 2.33. The number of pyridine rings is 2. The monoisotopic (exact) mass is 284 g/mol. The summed E-state index contributed by atoms with van der Waals surface area (Å²) in [6, 6.07) is 9.37. The normalized spacial score (nSPS) is 10.1. The molecular formula is C15H14N3OS+. The van der Waals surface area contributed by atoms with E-state index < -0.39 is 0 Å². The number of Topliss-reactive ketones (excluding diaryl/α,β-unsaturated/α-hetero) is 1. The minimum absolute atomic E-state index is 0.0460. The number of nitrogens with zero attached hydrogens (tertiary/aromatic N) is 3. The van der Waals surface area contributed by atoms with Gasteiger partial charge in [-0.05, 0) is 19.2 Å². The molecule has 0 aliphatic rings. The maximum absolute atomic E-state index is 12.3. The molecular weight excluding hydrogens is 270 g/mol. The van der Waals surface area contributed by atoms with Gasteiger partial charge in [0.15, 0.2) is 12.4 Å². The van der Waals surface area contributed by atoms with E-state index in [9.17, 15) is 4.79 Å². The minimum atomic E-state index is -0.0460. The summed E-state index contributed by atoms with van der Waals surface area (Å²) in [6.07, 6.45) is 5.54. The molecule has 2 aromatic rings. The summed E-state index contributed by atoms with van der Waals surface area (Å²) in [6.45, 7) is 2.04. The molecule has 0 aliphatic carbocycles. The molecule has 0 aliphatic heterocycles. The van der Waals surface area contributed by atoms with Crippen molar-refractivity contribution in [2.24, 2.45) is 0 Å². The quantitative estimate of drug-likeness (QED) is 0.490. The first kappa shape index (κ1) is 14.2. The van der Waals surface area contributed by atoms with Gasteiger partial charge in [-0.25, -0.2) is 4.98 Å². The highest BCUT2D eigenvalue weighted by molar-refractivity contribution is 7.98. The van der Waals surface area contributed by atoms with Crippen molar-refractivity contribution in [1.82, 2.24) is 4.98 Å². The van der Waals surface area contributed by atoms with Gasteiger partial charge in [-0.15, -0.1) is 11.8 Å². The van der Waals surface area contributed by atoms with E-state index in [4.69, 9.17) is 5.26 Å². The topological polar surface area (TPSA) is 57.6 Å². The molecule has 0 saturated carbocycles. The number of aryl methyl sites for hydroxylation is 1. The van der Waals surface area contributed by atoms with E-state index >= 15 is 0 Å². The Morgan fingerprint density at radius 1 is 1.40 bits per heavy atom. The Morgan fingerprint density at radius 2 is 2.10 bits per heavy atom. The standard InChI is InChI=1S/C15H14N3OS/c1-11-13(8-12(9-16)15(17-11)20-2)14(19)10-18-6-4-3-5-7-18/h3-8H,10H2,1-2H3/q+1. The zero-order valence-corrected chi connectivity index (χ0v) is 12.1. The van der Waals surface area contributed by atoms with Crippen LogP contribution >= 0.6 is 11.8 Å². The smallest absolute Gasteiger partial charge is 0.229 e. The van der Waals surface area contributed by atoms with Crippen LogP contribution in [-0.2, 0) is 6.54 Å². The van der Waals surface area contributed by atoms with Crippen LogP contribution < -0.4 is 4.57 Å². The first-order valence-corrected chi connectivity index (χ1v) is 7.31. The number of nitriles is 1. The molecule has 100 valence electrons. The Labute approximate surface area is 122 Å². The highest BCUT2D eigenvalue weighted by Gasteiger charge is 2.17. The lowest BCUT2D eigenvalue weighted by Gasteiger charge is -2.06. The van der Waals surface area contributed by atoms with Crippen LogP contribution in [0.2, 0.25) is 0 Å². The van der Waals surface area contributed by atoms with Crippen molar-refractivity contribution in [3.63, 3.8) is 0 Å². The van der Waals surface area contributed by atoms with Gasteiger partial charge >= 0.3 is 0 Å². The molecule has 20 heavy (non-hydrogen) atoms. The van der Waals surface area contributed by atoms with Crippen LogP contribution in [0.4, 0.5) is 0 Å². The summed E-state index contributed by atoms with van der Waals surface area (Å²) in [5, 5.41) is 9.78. The molecule has 0 amide bonds. The van der Waals surface area contributed by atoms with E-state index in [1.807, 2.05) is 36.8 Å². The van der Waals surface area contributed by atoms with Crippen LogP contribution in [0.15, 0.2) is 41.7 Å². The van der Waals surface area contributed by atoms with Crippen LogP contribution in [0, 0.1) is 18.3 Å². The molecule has 0 unspecified atom stereocenters. The fourth-order valence-corrected chi connectivity index (χ4v) is 2.44. The second kappa shape index (κ2) is 6.31. The SMILES string of the molecule is CSc1nc(C)c(C(=O)C[n+]2ccccc2)cc1C#N. The van der Waals surface area contributed by atoms with Gasteiger partial charge in [-0.2, -0.15) is 9.83 Å². The zero-order chi connectivity index (χ0) is 14.5. The van der Waals surface area contributed by atoms with Crippen LogP contribution in [0.25, 0.3) is 0 Å². The van der Waals surface area contributed by atoms with E-state index in [1.165, 1.54) is 11.8 Å². The summed E-state index contributed by atoms with van der Waals surface area (Å²) in [4.78, 5) is 16.7. The van der Waals surface area contributed by atoms with Crippen molar-refractivity contribution in [2.45, 2.75) is 18.5 Å². The number of hydrogen-bond acceptors (Lipinski definition) is 4. The molecule has 5 heteroatoms. The highest BCUT2D eigenvalue weighted by Crippen LogP contribution is 2.20. The Morgan fingerprint density at radius 3 is 2.70 bits per heavy atom. The van der Waals surface area contributed by atoms with Gasteiger partial charge in [0.2, 0.25) is 12.3 Å². The summed E-state index contributed by atoms with van der Waals surface area (Å²) >= 11 is 1.41. The molecule has 2 heterocycles. The number of aromatic nitrogens is 2. The summed E-state index contributed by atoms with van der Waals surface area (Å²) < 4.78 is 1.80. The molecule has 0 radical (unpaired) electrons. The average molecular weight is 284 g/mol. The number of hydrogen-bond donors (Lipinski definition) is 0. The number of carbonyl (C=O) groups is 1. The summed E-state index contributed by atoms with van der Waals surface area (Å²) in [7, 11) is 0. The van der Waals surface area contributed by atoms with Crippen molar-refractivity contribution in [2.75, 3.05) is 6.26 Å². The van der Waals surface area contributed by atoms with E-state index in [0.717, 1.165) is 0 Å². The van der Waals surface area contributed by atoms with Gasteiger partial charge in [0.1, 0.15) is 11.1 Å². The second-order valence-electron chi connectivity index (χ2n) is 4.26. The third-order valence-electron chi connectivity index (χ3n) is 2.90. The minimum Gasteiger partial charge on any atom is -0.287 e. The van der Waals surface area contributed by atoms with Gasteiger partial charge in [-0.1, -0.05) is 6.07 Å². The van der Waals surface area contributed by atoms with Crippen molar-refractivity contribution in [3.05, 3.63) is 53.5 Å². The lowest BCUT2D eigenvalue weighted by molar-refractivity contribution is -0.683. The second-order valence-corrected chi connectivity index (χ2v) is 5.06. The first-order valence-electron chi connectivity index (χ1n) is 6.08. The summed E-state index contributed by atoms with van der Waals surface area (Å²) in [5.41, 5.74) is 1.62. The van der Waals surface area contributed by atoms with Crippen molar-refractivity contribution < 1.29 is 9.36 Å². The lowest BCUT2D eigenvalue weighted by Crippen LogP contribution is -2.37. The Bertz CT molecular complexity index is 678. The third kappa shape index (κ3) is 3.03. The summed E-state index contributed by atoms with van der Waals surface area (Å²) in [5.74, 6) is -0.0460. The predicted octanol–water partition coefficient (Wildman–Crippen LogP) is 2.15. The fraction of sp³-hybridized carbons (Fsp3) is 0.200. The van der Waals surface area contributed by atoms with E-state index in [-0.39, 0.29) is 12.3 Å². The molecule has 0 aromatic carbocycles. The molecule has 2 rings (SSSR count). The molecule has 0 spiro atoms. The molecule has 0 atom stereocenters. The largest absolute Gasteiger partial charge is 0.287 e. The van der Waals surface area contributed by atoms with Gasteiger partial charge in [0.25, 0.3) is 0 Å². The Hall–Kier alpha value is -2.19. The van der Waals surface area contributed by atoms with Gasteiger partial charge in [0.05, 0.1) is 5.56 Å². The van der Waals surface area contributed by atoms with Crippen LogP contribution in [0.5, 0.6) is 0 Å². The van der Waals surface area contributed by atoms with Gasteiger partial charge in [0, 0.05) is 23.4 Å². The molecule has 0 bridgehead atoms. The number of rotatable bonds is 4. The van der Waals surface area contributed by atoms with E-state index in [0.29, 0.717) is 21.8 Å². The number of thioether (sulfide) groups is 1. The van der Waals surface area contributed by atoms with Crippen LogP contribution in [-0.4, -0.2) is 17.0 Å². The molecule has 4 nitrogen and oxygen atoms in total. The van der Waals surface area contributed by atoms with Crippen molar-refractivity contribution >= 4 is 17.5 Å². The fourth-order valence-electron chi connectivity index (χ4n) is 1.89. The van der Waals surface area contributed by atoms with Crippen LogP contribution in [0.3, 0.4) is 0 Å². The highest BCUT2D eigenvalue weighted by atomic mass is 32.2. The number of ketones is 1. The van der Waals surface area contributed by atoms with Crippen molar-refractivity contribution in [1.29, 1.82) is 5.26 Å². The number of carbonyl (C=O) groups excluding carboxylic acids is 1. The molecule has 0 fully saturated rings. The van der Waals surface area contributed by atoms with Gasteiger partial charge in [-0.3, -0.25) is 4.79 Å². The lowest BCUT2D eigenvalue weighted by atomic mass is 10.1. The molecule has 2 aromatic heterocycles. The third-order valence-corrected chi connectivity index (χ3v) is 3.59. The average Bonchev–Trinajstić information content (AvgIpc) is 2.47. The maximum atomic E-state index is 12.3. The Kier molecular flexibility index (Phi) is 4.49. The maximum Gasteiger partial charge on any atom is 0.229 e. The first-order chi connectivity index (χ1) is 9.65. The van der Waals surface area contributed by atoms with E-state index in [1.54, 1.807) is 17.6 Å². The van der Waals surface area contributed by atoms with Crippen LogP contribution in [0.1, 0.15) is 21.6 Å². The molecule has 0 N–H and O–H groups in total.